The van der Waals surface area contributed by atoms with Crippen molar-refractivity contribution in [1.29, 1.82) is 0 Å². The van der Waals surface area contributed by atoms with Crippen molar-refractivity contribution in [1.82, 2.24) is 25.5 Å². The Balaban J connectivity index is 1.11. The van der Waals surface area contributed by atoms with E-state index < -0.39 is 17.8 Å². The smallest absolute Gasteiger partial charge is 0.369 e. The summed E-state index contributed by atoms with van der Waals surface area (Å²) in [6.45, 7) is 1.77. The Hall–Kier alpha value is -3.37. The number of carbonyl (C=O) groups is 1. The molecule has 0 atom stereocenters. The largest absolute Gasteiger partial charge is 0.417 e. The van der Waals surface area contributed by atoms with Crippen LogP contribution in [-0.4, -0.2) is 45.3 Å². The normalized spacial score (nSPS) is 18.2. The van der Waals surface area contributed by atoms with Crippen LogP contribution in [0, 0.1) is 5.41 Å². The summed E-state index contributed by atoms with van der Waals surface area (Å²) in [5.74, 6) is 0. The average Bonchev–Trinajstić information content (AvgIpc) is 3.09. The number of hydrogen-bond donors (Lipinski definition) is 3. The molecular weight excluding hydrogens is 399 g/mol. The molecule has 3 N–H and O–H groups in total. The summed E-state index contributed by atoms with van der Waals surface area (Å²) in [7, 11) is 0. The van der Waals surface area contributed by atoms with E-state index >= 15 is 0 Å². The average molecular weight is 417 g/mol. The number of nitrogens with one attached hydrogen (secondary N) is 3. The zero-order valence-electron chi connectivity index (χ0n) is 15.7. The Labute approximate surface area is 168 Å². The number of hydrogen-bond acceptors (Lipinski definition) is 5. The molecule has 1 saturated heterocycles. The molecule has 30 heavy (non-hydrogen) atoms. The molecule has 3 aromatic heterocycles. The summed E-state index contributed by atoms with van der Waals surface area (Å²) >= 11 is 0. The maximum atomic E-state index is 12.7. The van der Waals surface area contributed by atoms with Gasteiger partial charge in [-0.15, -0.1) is 0 Å². The van der Waals surface area contributed by atoms with Gasteiger partial charge in [-0.05, 0) is 25.0 Å². The van der Waals surface area contributed by atoms with E-state index in [0.29, 0.717) is 0 Å². The van der Waals surface area contributed by atoms with Gasteiger partial charge in [-0.1, -0.05) is 0 Å². The number of pyridine rings is 2. The van der Waals surface area contributed by atoms with Crippen molar-refractivity contribution in [3.63, 3.8) is 0 Å². The van der Waals surface area contributed by atoms with Crippen molar-refractivity contribution >= 4 is 28.4 Å². The van der Waals surface area contributed by atoms with Crippen LogP contribution < -0.4 is 15.5 Å². The number of urea groups is 1. The van der Waals surface area contributed by atoms with Crippen molar-refractivity contribution in [2.75, 3.05) is 23.3 Å². The lowest BCUT2D eigenvalue weighted by Crippen LogP contribution is -2.67. The number of amides is 2. The van der Waals surface area contributed by atoms with Gasteiger partial charge in [0.15, 0.2) is 5.65 Å². The van der Waals surface area contributed by atoms with E-state index in [1.807, 2.05) is 12.3 Å². The molecule has 2 amide bonds. The van der Waals surface area contributed by atoms with E-state index in [9.17, 15) is 18.0 Å². The van der Waals surface area contributed by atoms with Crippen LogP contribution in [0.25, 0.3) is 11.0 Å². The van der Waals surface area contributed by atoms with Crippen LogP contribution in [0.3, 0.4) is 0 Å². The van der Waals surface area contributed by atoms with E-state index in [0.717, 1.165) is 54.9 Å². The molecule has 0 bridgehead atoms. The van der Waals surface area contributed by atoms with E-state index in [-0.39, 0.29) is 17.1 Å². The number of nitrogens with zero attached hydrogens (tertiary/aromatic N) is 4. The van der Waals surface area contributed by atoms with E-state index in [2.05, 4.69) is 35.7 Å². The van der Waals surface area contributed by atoms with Crippen LogP contribution in [-0.2, 0) is 6.18 Å². The lowest BCUT2D eigenvalue weighted by Gasteiger charge is -2.59. The summed E-state index contributed by atoms with van der Waals surface area (Å²) in [5.41, 5.74) is 1.07. The maximum Gasteiger partial charge on any atom is 0.417 e. The first-order valence-electron chi connectivity index (χ1n) is 9.44. The molecule has 8 nitrogen and oxygen atoms in total. The fourth-order valence-corrected chi connectivity index (χ4v) is 4.31. The van der Waals surface area contributed by atoms with Crippen molar-refractivity contribution < 1.29 is 18.0 Å². The van der Waals surface area contributed by atoms with Crippen LogP contribution in [0.2, 0.25) is 0 Å². The highest BCUT2D eigenvalue weighted by atomic mass is 19.4. The predicted molar refractivity (Wildman–Crippen MR) is 103 cm³/mol. The van der Waals surface area contributed by atoms with Gasteiger partial charge in [0.2, 0.25) is 0 Å². The van der Waals surface area contributed by atoms with Crippen molar-refractivity contribution in [3.8, 4) is 0 Å². The number of fused-ring (bicyclic) bond motifs is 1. The fraction of sp³-hybridized carbons (Fsp3) is 0.368. The second kappa shape index (κ2) is 6.57. The van der Waals surface area contributed by atoms with Gasteiger partial charge in [0.05, 0.1) is 35.5 Å². The molecule has 1 aliphatic heterocycles. The van der Waals surface area contributed by atoms with Crippen LogP contribution >= 0.6 is 0 Å². The SMILES string of the molecule is O=C(Nc1cncc(C(F)(F)F)c1)NC1CC2(C1)CN(c1cnc3[nH]ncc3c1)C2. The van der Waals surface area contributed by atoms with Crippen LogP contribution in [0.1, 0.15) is 18.4 Å². The number of carbonyl (C=O) groups excluding carboxylic acids is 1. The van der Waals surface area contributed by atoms with Gasteiger partial charge in [-0.25, -0.2) is 9.78 Å². The molecule has 0 radical (unpaired) electrons. The summed E-state index contributed by atoms with van der Waals surface area (Å²) in [6.07, 6.45) is 2.63. The van der Waals surface area contributed by atoms with Gasteiger partial charge < -0.3 is 15.5 Å². The van der Waals surface area contributed by atoms with Crippen molar-refractivity contribution in [2.24, 2.45) is 5.41 Å². The third-order valence-corrected chi connectivity index (χ3v) is 5.71. The van der Waals surface area contributed by atoms with Gasteiger partial charge in [0.25, 0.3) is 0 Å². The Morgan fingerprint density at radius 3 is 2.73 bits per heavy atom. The third kappa shape index (κ3) is 3.40. The topological polar surface area (TPSA) is 98.8 Å². The Bertz CT molecular complexity index is 1100. The zero-order chi connectivity index (χ0) is 20.9. The number of anilines is 2. The molecule has 1 spiro atoms. The summed E-state index contributed by atoms with van der Waals surface area (Å²) in [4.78, 5) is 22.2. The van der Waals surface area contributed by atoms with Crippen LogP contribution in [0.15, 0.2) is 36.9 Å². The van der Waals surface area contributed by atoms with Gasteiger partial charge >= 0.3 is 12.2 Å². The molecule has 3 aromatic rings. The van der Waals surface area contributed by atoms with Crippen molar-refractivity contribution in [3.05, 3.63) is 42.5 Å². The third-order valence-electron chi connectivity index (χ3n) is 5.71. The quantitative estimate of drug-likeness (QED) is 0.608. The highest BCUT2D eigenvalue weighted by Crippen LogP contribution is 2.49. The Kier molecular flexibility index (Phi) is 4.09. The highest BCUT2D eigenvalue weighted by Gasteiger charge is 2.52. The Morgan fingerprint density at radius 1 is 1.17 bits per heavy atom. The number of halogens is 3. The first kappa shape index (κ1) is 18.6. The summed E-state index contributed by atoms with van der Waals surface area (Å²) in [6, 6.07) is 2.38. The monoisotopic (exact) mass is 417 g/mol. The fourth-order valence-electron chi connectivity index (χ4n) is 4.31. The minimum Gasteiger partial charge on any atom is -0.369 e. The molecule has 1 saturated carbocycles. The molecule has 11 heteroatoms. The maximum absolute atomic E-state index is 12.7. The molecule has 0 unspecified atom stereocenters. The highest BCUT2D eigenvalue weighted by molar-refractivity contribution is 5.89. The second-order valence-corrected chi connectivity index (χ2v) is 8.02. The zero-order valence-corrected chi connectivity index (χ0v) is 15.7. The number of alkyl halides is 3. The lowest BCUT2D eigenvalue weighted by atomic mass is 9.60. The van der Waals surface area contributed by atoms with E-state index in [1.54, 1.807) is 6.20 Å². The van der Waals surface area contributed by atoms with Crippen LogP contribution in [0.4, 0.5) is 29.3 Å². The van der Waals surface area contributed by atoms with Gasteiger partial charge in [0.1, 0.15) is 0 Å². The molecule has 2 aliphatic rings. The minimum atomic E-state index is -4.50. The molecule has 1 aliphatic carbocycles. The number of aromatic amines is 1. The number of aromatic nitrogens is 4. The van der Waals surface area contributed by atoms with Gasteiger partial charge in [0, 0.05) is 36.1 Å². The minimum absolute atomic E-state index is 0.000358. The first-order chi connectivity index (χ1) is 14.3. The summed E-state index contributed by atoms with van der Waals surface area (Å²) < 4.78 is 38.2. The summed E-state index contributed by atoms with van der Waals surface area (Å²) in [5, 5.41) is 13.0. The Morgan fingerprint density at radius 2 is 1.97 bits per heavy atom. The molecule has 156 valence electrons. The molecule has 0 aromatic carbocycles. The van der Waals surface area contributed by atoms with E-state index in [4.69, 9.17) is 0 Å². The first-order valence-corrected chi connectivity index (χ1v) is 9.44. The number of H-pyrrole nitrogens is 1. The molecule has 5 rings (SSSR count). The number of rotatable bonds is 3. The molecule has 2 fully saturated rings. The van der Waals surface area contributed by atoms with Gasteiger partial charge in [-0.2, -0.15) is 18.3 Å². The second-order valence-electron chi connectivity index (χ2n) is 8.02. The van der Waals surface area contributed by atoms with Crippen LogP contribution in [0.5, 0.6) is 0 Å². The van der Waals surface area contributed by atoms with E-state index in [1.165, 1.54) is 6.20 Å². The predicted octanol–water partition coefficient (Wildman–Crippen LogP) is 3.16. The lowest BCUT2D eigenvalue weighted by molar-refractivity contribution is -0.137. The molecular formula is C19H18F3N7O. The van der Waals surface area contributed by atoms with Gasteiger partial charge in [-0.3, -0.25) is 10.1 Å². The standard InChI is InChI=1S/C19H18F3N7O/c20-19(21,22)12-2-13(7-23-6-12)26-17(30)27-14-3-18(4-14)9-29(10-18)15-1-11-5-25-28-16(11)24-8-15/h1-2,5-8,14H,3-4,9-10H2,(H,24,25,28)(H2,26,27,30). The molecule has 4 heterocycles. The van der Waals surface area contributed by atoms with Crippen molar-refractivity contribution in [2.45, 2.75) is 25.1 Å².